The monoisotopic (exact) mass is 367 g/mol. The van der Waals surface area contributed by atoms with Crippen molar-refractivity contribution in [2.75, 3.05) is 0 Å². The lowest BCUT2D eigenvalue weighted by Crippen LogP contribution is -2.18. The number of fused-ring (bicyclic) bond motifs is 1. The largest absolute Gasteiger partial charge is 0.293 e. The van der Waals surface area contributed by atoms with Crippen molar-refractivity contribution in [1.29, 1.82) is 0 Å². The van der Waals surface area contributed by atoms with Crippen molar-refractivity contribution in [2.45, 2.75) is 26.3 Å². The van der Waals surface area contributed by atoms with Crippen molar-refractivity contribution in [3.05, 3.63) is 75.6 Å². The molecule has 4 rings (SSSR count). The van der Waals surface area contributed by atoms with Gasteiger partial charge in [0.05, 0.1) is 11.7 Å². The minimum Gasteiger partial charge on any atom is -0.293 e. The second-order valence-electron chi connectivity index (χ2n) is 6.40. The van der Waals surface area contributed by atoms with E-state index in [1.807, 2.05) is 48.1 Å². The zero-order valence-electron chi connectivity index (χ0n) is 14.5. The van der Waals surface area contributed by atoms with Crippen LogP contribution in [0.1, 0.15) is 24.4 Å². The molecule has 3 heterocycles. The molecule has 1 atom stereocenters. The van der Waals surface area contributed by atoms with E-state index in [4.69, 9.17) is 16.6 Å². The Bertz CT molecular complexity index is 1110. The van der Waals surface area contributed by atoms with Gasteiger partial charge in [-0.1, -0.05) is 23.7 Å². The predicted octanol–water partition coefficient (Wildman–Crippen LogP) is 3.65. The summed E-state index contributed by atoms with van der Waals surface area (Å²) in [4.78, 5) is 17.3. The van der Waals surface area contributed by atoms with Gasteiger partial charge in [-0.05, 0) is 37.6 Å². The number of benzene rings is 1. The van der Waals surface area contributed by atoms with Gasteiger partial charge in [0.1, 0.15) is 0 Å². The summed E-state index contributed by atoms with van der Waals surface area (Å²) in [6.45, 7) is 3.99. The Kier molecular flexibility index (Phi) is 4.12. The quantitative estimate of drug-likeness (QED) is 0.598. The Labute approximate surface area is 155 Å². The van der Waals surface area contributed by atoms with Crippen LogP contribution in [0.5, 0.6) is 0 Å². The molecule has 1 aromatic carbocycles. The van der Waals surface area contributed by atoms with Gasteiger partial charge in [0.15, 0.2) is 5.65 Å². The van der Waals surface area contributed by atoms with E-state index >= 15 is 0 Å². The summed E-state index contributed by atoms with van der Waals surface area (Å²) in [6, 6.07) is 11.1. The van der Waals surface area contributed by atoms with Crippen LogP contribution in [0.3, 0.4) is 0 Å². The molecule has 0 aliphatic carbocycles. The highest BCUT2D eigenvalue weighted by Gasteiger charge is 2.16. The maximum absolute atomic E-state index is 12.6. The molecular formula is C19H18ClN5O. The van der Waals surface area contributed by atoms with Crippen LogP contribution in [0, 0.1) is 6.92 Å². The molecule has 0 fully saturated rings. The second-order valence-corrected chi connectivity index (χ2v) is 6.84. The molecule has 0 bridgehead atoms. The maximum atomic E-state index is 12.6. The SMILES string of the molecule is Cc1[nH]n2c(=O)cc(CC(C)n3cccn3)nc2c1-c1ccc(Cl)cc1. The van der Waals surface area contributed by atoms with Gasteiger partial charge in [-0.2, -0.15) is 5.10 Å². The lowest BCUT2D eigenvalue weighted by Gasteiger charge is -2.11. The average molecular weight is 368 g/mol. The highest BCUT2D eigenvalue weighted by atomic mass is 35.5. The summed E-state index contributed by atoms with van der Waals surface area (Å²) in [5.74, 6) is 0. The van der Waals surface area contributed by atoms with Crippen molar-refractivity contribution < 1.29 is 0 Å². The highest BCUT2D eigenvalue weighted by molar-refractivity contribution is 6.30. The number of halogens is 1. The van der Waals surface area contributed by atoms with Crippen LogP contribution in [-0.2, 0) is 6.42 Å². The van der Waals surface area contributed by atoms with E-state index in [-0.39, 0.29) is 11.6 Å². The van der Waals surface area contributed by atoms with Gasteiger partial charge in [0.25, 0.3) is 5.56 Å². The first kappa shape index (κ1) is 16.6. The third-order valence-corrected chi connectivity index (χ3v) is 4.72. The number of aromatic nitrogens is 5. The van der Waals surface area contributed by atoms with Crippen LogP contribution in [0.25, 0.3) is 16.8 Å². The molecule has 26 heavy (non-hydrogen) atoms. The number of rotatable bonds is 4. The topological polar surface area (TPSA) is 68.0 Å². The first-order valence-electron chi connectivity index (χ1n) is 8.39. The molecule has 1 unspecified atom stereocenters. The smallest absolute Gasteiger partial charge is 0.272 e. The van der Waals surface area contributed by atoms with Gasteiger partial charge in [0, 0.05) is 41.2 Å². The zero-order valence-corrected chi connectivity index (χ0v) is 15.2. The first-order chi connectivity index (χ1) is 12.5. The van der Waals surface area contributed by atoms with E-state index < -0.39 is 0 Å². The molecule has 0 radical (unpaired) electrons. The van der Waals surface area contributed by atoms with Gasteiger partial charge in [-0.3, -0.25) is 14.6 Å². The fraction of sp³-hybridized carbons (Fsp3) is 0.211. The van der Waals surface area contributed by atoms with Crippen molar-refractivity contribution in [2.24, 2.45) is 0 Å². The number of hydrogen-bond acceptors (Lipinski definition) is 3. The number of hydrogen-bond donors (Lipinski definition) is 1. The number of nitrogens with one attached hydrogen (secondary N) is 1. The van der Waals surface area contributed by atoms with Gasteiger partial charge < -0.3 is 0 Å². The van der Waals surface area contributed by atoms with Crippen LogP contribution >= 0.6 is 11.6 Å². The Morgan fingerprint density at radius 2 is 2.04 bits per heavy atom. The molecule has 6 nitrogen and oxygen atoms in total. The molecule has 4 aromatic rings. The summed E-state index contributed by atoms with van der Waals surface area (Å²) in [6.07, 6.45) is 4.28. The van der Waals surface area contributed by atoms with Crippen molar-refractivity contribution in [1.82, 2.24) is 24.4 Å². The van der Waals surface area contributed by atoms with E-state index in [2.05, 4.69) is 17.1 Å². The fourth-order valence-electron chi connectivity index (χ4n) is 3.20. The highest BCUT2D eigenvalue weighted by Crippen LogP contribution is 2.28. The van der Waals surface area contributed by atoms with Crippen LogP contribution in [0.4, 0.5) is 0 Å². The Morgan fingerprint density at radius 1 is 1.27 bits per heavy atom. The maximum Gasteiger partial charge on any atom is 0.272 e. The molecule has 0 saturated heterocycles. The standard InChI is InChI=1S/C19H18ClN5O/c1-12(24-9-3-8-21-24)10-16-11-17(26)25-19(22-16)18(13(2)23-25)14-4-6-15(20)7-5-14/h3-9,11-12,23H,10H2,1-2H3. The average Bonchev–Trinajstić information content (AvgIpc) is 3.24. The lowest BCUT2D eigenvalue weighted by molar-refractivity contribution is 0.484. The van der Waals surface area contributed by atoms with Crippen LogP contribution in [-0.4, -0.2) is 24.4 Å². The predicted molar refractivity (Wildman–Crippen MR) is 102 cm³/mol. The second kappa shape index (κ2) is 6.46. The molecule has 0 spiro atoms. The Balaban J connectivity index is 1.81. The molecule has 0 aliphatic heterocycles. The minimum atomic E-state index is -0.124. The lowest BCUT2D eigenvalue weighted by atomic mass is 10.1. The van der Waals surface area contributed by atoms with E-state index in [1.54, 1.807) is 12.3 Å². The zero-order chi connectivity index (χ0) is 18.3. The van der Waals surface area contributed by atoms with Gasteiger partial charge in [-0.25, -0.2) is 9.50 Å². The summed E-state index contributed by atoms with van der Waals surface area (Å²) < 4.78 is 3.35. The van der Waals surface area contributed by atoms with Crippen molar-refractivity contribution >= 4 is 17.2 Å². The molecule has 1 N–H and O–H groups in total. The van der Waals surface area contributed by atoms with Crippen molar-refractivity contribution in [3.8, 4) is 11.1 Å². The summed E-state index contributed by atoms with van der Waals surface area (Å²) in [5, 5.41) is 8.04. The third kappa shape index (κ3) is 2.93. The van der Waals surface area contributed by atoms with Crippen LogP contribution < -0.4 is 5.56 Å². The summed E-state index contributed by atoms with van der Waals surface area (Å²) >= 11 is 6.00. The molecule has 3 aromatic heterocycles. The van der Waals surface area contributed by atoms with E-state index in [9.17, 15) is 4.79 Å². The summed E-state index contributed by atoms with van der Waals surface area (Å²) in [7, 11) is 0. The van der Waals surface area contributed by atoms with E-state index in [0.717, 1.165) is 22.5 Å². The van der Waals surface area contributed by atoms with Crippen LogP contribution in [0.15, 0.2) is 53.6 Å². The fourth-order valence-corrected chi connectivity index (χ4v) is 3.33. The number of nitrogens with zero attached hydrogens (tertiary/aromatic N) is 4. The van der Waals surface area contributed by atoms with Crippen molar-refractivity contribution in [3.63, 3.8) is 0 Å². The third-order valence-electron chi connectivity index (χ3n) is 4.46. The molecule has 0 amide bonds. The Morgan fingerprint density at radius 3 is 2.73 bits per heavy atom. The molecule has 0 saturated carbocycles. The summed E-state index contributed by atoms with van der Waals surface area (Å²) in [5.41, 5.74) is 4.00. The molecule has 0 aliphatic rings. The number of H-pyrrole nitrogens is 1. The molecule has 7 heteroatoms. The Hall–Kier alpha value is -2.86. The minimum absolute atomic E-state index is 0.110. The van der Waals surface area contributed by atoms with Crippen LogP contribution in [0.2, 0.25) is 5.02 Å². The van der Waals surface area contributed by atoms with Gasteiger partial charge in [0.2, 0.25) is 0 Å². The molecular weight excluding hydrogens is 350 g/mol. The van der Waals surface area contributed by atoms with Gasteiger partial charge in [-0.15, -0.1) is 0 Å². The van der Waals surface area contributed by atoms with E-state index in [0.29, 0.717) is 17.1 Å². The first-order valence-corrected chi connectivity index (χ1v) is 8.77. The molecule has 132 valence electrons. The normalized spacial score (nSPS) is 12.6. The van der Waals surface area contributed by atoms with Gasteiger partial charge >= 0.3 is 0 Å². The number of aromatic amines is 1. The van der Waals surface area contributed by atoms with E-state index in [1.165, 1.54) is 4.52 Å². The number of aryl methyl sites for hydroxylation is 1.